The number of ether oxygens (including phenoxy) is 3. The van der Waals surface area contributed by atoms with Crippen molar-refractivity contribution in [2.24, 2.45) is 10.9 Å². The minimum atomic E-state index is -5.10. The summed E-state index contributed by atoms with van der Waals surface area (Å²) in [4.78, 5) is 40.7. The highest BCUT2D eigenvalue weighted by Crippen LogP contribution is 2.46. The highest BCUT2D eigenvalue weighted by Gasteiger charge is 2.53. The van der Waals surface area contributed by atoms with Gasteiger partial charge in [-0.25, -0.2) is 4.79 Å². The lowest BCUT2D eigenvalue weighted by Crippen LogP contribution is -2.44. The molecule has 238 valence electrons. The van der Waals surface area contributed by atoms with E-state index in [0.717, 1.165) is 25.7 Å². The number of aliphatic hydroxyl groups is 1. The van der Waals surface area contributed by atoms with Crippen molar-refractivity contribution >= 4 is 23.3 Å². The van der Waals surface area contributed by atoms with Crippen molar-refractivity contribution in [1.29, 1.82) is 0 Å². The maximum atomic E-state index is 14.1. The molecule has 0 saturated carbocycles. The van der Waals surface area contributed by atoms with Crippen molar-refractivity contribution in [3.05, 3.63) is 81.0 Å². The zero-order chi connectivity index (χ0) is 32.6. The van der Waals surface area contributed by atoms with Crippen LogP contribution in [-0.4, -0.2) is 72.9 Å². The van der Waals surface area contributed by atoms with Gasteiger partial charge in [0.15, 0.2) is 0 Å². The van der Waals surface area contributed by atoms with E-state index in [1.807, 2.05) is 13.8 Å². The predicted molar refractivity (Wildman–Crippen MR) is 153 cm³/mol. The largest absolute Gasteiger partial charge is 0.491 e. The second kappa shape index (κ2) is 14.9. The smallest absolute Gasteiger partial charge is 0.430 e. The average molecular weight is 622 g/mol. The number of methoxy groups -OCH3 is 1. The van der Waals surface area contributed by atoms with Crippen LogP contribution in [0.2, 0.25) is 0 Å². The molecule has 44 heavy (non-hydrogen) atoms. The number of esters is 2. The van der Waals surface area contributed by atoms with E-state index in [0.29, 0.717) is 12.3 Å². The summed E-state index contributed by atoms with van der Waals surface area (Å²) < 4.78 is 57.8. The molecule has 1 heterocycles. The maximum absolute atomic E-state index is 14.1. The standard InChI is InChI=1S/C30H34F3N3O8/c1-17(2)34-15-20(37)16-44-21-11-9-19(10-12-21)13-14-43-29(39)24-18(3)35-27(30(31,32)33)26(28(38)42-4)25(24)22-7-5-6-8-23(22)36(40)41/h5-12,17,20,25-26,34,37H,13-16H2,1-4H3. The number of halogens is 3. The number of nitrogens with zero attached hydrogens (tertiary/aromatic N) is 2. The van der Waals surface area contributed by atoms with Gasteiger partial charge in [0.05, 0.1) is 24.2 Å². The first-order valence-corrected chi connectivity index (χ1v) is 13.7. The molecule has 3 unspecified atom stereocenters. The van der Waals surface area contributed by atoms with Crippen LogP contribution < -0.4 is 10.1 Å². The van der Waals surface area contributed by atoms with E-state index in [1.54, 1.807) is 24.3 Å². The molecule has 14 heteroatoms. The van der Waals surface area contributed by atoms with E-state index in [-0.39, 0.29) is 31.2 Å². The molecular formula is C30H34F3N3O8. The van der Waals surface area contributed by atoms with Gasteiger partial charge >= 0.3 is 18.1 Å². The number of nitro groups is 1. The Balaban J connectivity index is 1.82. The van der Waals surface area contributed by atoms with E-state index >= 15 is 0 Å². The second-order valence-corrected chi connectivity index (χ2v) is 10.3. The Morgan fingerprint density at radius 1 is 1.14 bits per heavy atom. The quantitative estimate of drug-likeness (QED) is 0.190. The number of hydrogen-bond acceptors (Lipinski definition) is 10. The van der Waals surface area contributed by atoms with E-state index < -0.39 is 63.6 Å². The highest BCUT2D eigenvalue weighted by molar-refractivity contribution is 6.10. The van der Waals surface area contributed by atoms with Crippen LogP contribution in [-0.2, 0) is 25.5 Å². The summed E-state index contributed by atoms with van der Waals surface area (Å²) in [6.45, 7) is 5.32. The highest BCUT2D eigenvalue weighted by atomic mass is 19.4. The number of allylic oxidation sites excluding steroid dienone is 1. The number of carbonyl (C=O) groups is 2. The fraction of sp³-hybridized carbons (Fsp3) is 0.433. The summed E-state index contributed by atoms with van der Waals surface area (Å²) in [5, 5.41) is 24.9. The Morgan fingerprint density at radius 2 is 1.80 bits per heavy atom. The zero-order valence-electron chi connectivity index (χ0n) is 24.6. The number of benzene rings is 2. The van der Waals surface area contributed by atoms with Gasteiger partial charge in [-0.1, -0.05) is 44.2 Å². The van der Waals surface area contributed by atoms with Gasteiger partial charge in [0.2, 0.25) is 0 Å². The molecule has 0 aromatic heterocycles. The molecule has 0 amide bonds. The first kappa shape index (κ1) is 34.2. The van der Waals surface area contributed by atoms with Crippen LogP contribution in [0.4, 0.5) is 18.9 Å². The molecule has 0 radical (unpaired) electrons. The molecule has 1 aliphatic heterocycles. The fourth-order valence-corrected chi connectivity index (χ4v) is 4.72. The molecule has 11 nitrogen and oxygen atoms in total. The van der Waals surface area contributed by atoms with E-state index in [9.17, 15) is 38.0 Å². The van der Waals surface area contributed by atoms with E-state index in [2.05, 4.69) is 15.0 Å². The SMILES string of the molecule is COC(=O)C1C(C(F)(F)F)=NC(C)=C(C(=O)OCCc2ccc(OCC(O)CNC(C)C)cc2)C1c1ccccc1[N+](=O)[O-]. The van der Waals surface area contributed by atoms with Gasteiger partial charge in [-0.05, 0) is 24.6 Å². The number of aliphatic imine (C=N–C) groups is 1. The van der Waals surface area contributed by atoms with Crippen LogP contribution in [0.3, 0.4) is 0 Å². The van der Waals surface area contributed by atoms with E-state index in [4.69, 9.17) is 9.47 Å². The predicted octanol–water partition coefficient (Wildman–Crippen LogP) is 4.28. The summed E-state index contributed by atoms with van der Waals surface area (Å²) in [7, 11) is 0.874. The summed E-state index contributed by atoms with van der Waals surface area (Å²) in [5.74, 6) is -5.88. The number of aliphatic hydroxyl groups excluding tert-OH is 1. The van der Waals surface area contributed by atoms with Crippen LogP contribution >= 0.6 is 0 Å². The molecule has 2 aromatic rings. The topological polar surface area (TPSA) is 150 Å². The van der Waals surface area contributed by atoms with Gasteiger partial charge in [0.25, 0.3) is 5.69 Å². The Labute approximate surface area is 251 Å². The van der Waals surface area contributed by atoms with Gasteiger partial charge in [-0.15, -0.1) is 0 Å². The first-order chi connectivity index (χ1) is 20.7. The summed E-state index contributed by atoms with van der Waals surface area (Å²) in [6.07, 6.45) is -5.59. The van der Waals surface area contributed by atoms with Gasteiger partial charge in [0.1, 0.15) is 30.1 Å². The minimum absolute atomic E-state index is 0.0803. The third-order valence-corrected chi connectivity index (χ3v) is 6.80. The molecular weight excluding hydrogens is 587 g/mol. The van der Waals surface area contributed by atoms with Crippen LogP contribution in [0.1, 0.15) is 37.8 Å². The molecule has 0 fully saturated rings. The summed E-state index contributed by atoms with van der Waals surface area (Å²) in [5.41, 5.74) is -2.49. The van der Waals surface area contributed by atoms with Crippen LogP contribution in [0.25, 0.3) is 0 Å². The van der Waals surface area contributed by atoms with Gasteiger partial charge in [-0.2, -0.15) is 13.2 Å². The molecule has 3 atom stereocenters. The number of carbonyl (C=O) groups excluding carboxylic acids is 2. The van der Waals surface area contributed by atoms with Crippen LogP contribution in [0, 0.1) is 16.0 Å². The average Bonchev–Trinajstić information content (AvgIpc) is 2.98. The lowest BCUT2D eigenvalue weighted by Gasteiger charge is -2.32. The molecule has 0 spiro atoms. The molecule has 0 bridgehead atoms. The molecule has 0 saturated heterocycles. The summed E-state index contributed by atoms with van der Waals surface area (Å²) in [6, 6.07) is 11.9. The third-order valence-electron chi connectivity index (χ3n) is 6.80. The van der Waals surface area contributed by atoms with Crippen molar-refractivity contribution < 1.29 is 47.0 Å². The number of alkyl halides is 3. The van der Waals surface area contributed by atoms with Gasteiger partial charge in [-0.3, -0.25) is 19.9 Å². The monoisotopic (exact) mass is 621 g/mol. The molecule has 2 N–H and O–H groups in total. The molecule has 3 rings (SSSR count). The minimum Gasteiger partial charge on any atom is -0.491 e. The number of rotatable bonds is 13. The van der Waals surface area contributed by atoms with Gasteiger partial charge < -0.3 is 24.6 Å². The third kappa shape index (κ3) is 8.63. The lowest BCUT2D eigenvalue weighted by atomic mass is 9.74. The molecule has 0 aliphatic carbocycles. The molecule has 1 aliphatic rings. The Morgan fingerprint density at radius 3 is 2.39 bits per heavy atom. The van der Waals surface area contributed by atoms with Crippen LogP contribution in [0.5, 0.6) is 5.75 Å². The Bertz CT molecular complexity index is 1410. The Hall–Kier alpha value is -4.30. The van der Waals surface area contributed by atoms with Crippen molar-refractivity contribution in [3.63, 3.8) is 0 Å². The van der Waals surface area contributed by atoms with Gasteiger partial charge in [0, 0.05) is 42.3 Å². The second-order valence-electron chi connectivity index (χ2n) is 10.3. The normalized spacial score (nSPS) is 17.6. The van der Waals surface area contributed by atoms with Crippen molar-refractivity contribution in [2.75, 3.05) is 26.9 Å². The van der Waals surface area contributed by atoms with Crippen molar-refractivity contribution in [1.82, 2.24) is 5.32 Å². The number of hydrogen-bond donors (Lipinski definition) is 2. The van der Waals surface area contributed by atoms with E-state index in [1.165, 1.54) is 18.2 Å². The first-order valence-electron chi connectivity index (χ1n) is 13.7. The number of nitrogens with one attached hydrogen (secondary N) is 1. The number of nitro benzene ring substituents is 1. The number of para-hydroxylation sites is 1. The molecule has 2 aromatic carbocycles. The van der Waals surface area contributed by atoms with Crippen LogP contribution in [0.15, 0.2) is 64.8 Å². The lowest BCUT2D eigenvalue weighted by molar-refractivity contribution is -0.385. The van der Waals surface area contributed by atoms with Crippen molar-refractivity contribution in [2.45, 2.75) is 51.4 Å². The fourth-order valence-electron chi connectivity index (χ4n) is 4.72. The summed E-state index contributed by atoms with van der Waals surface area (Å²) >= 11 is 0. The van der Waals surface area contributed by atoms with Crippen molar-refractivity contribution in [3.8, 4) is 5.75 Å². The zero-order valence-corrected chi connectivity index (χ0v) is 24.6. The Kier molecular flexibility index (Phi) is 11.6. The maximum Gasteiger partial charge on any atom is 0.430 e.